The van der Waals surface area contributed by atoms with Crippen LogP contribution >= 0.6 is 0 Å². The maximum absolute atomic E-state index is 11.8. The molecule has 0 fully saturated rings. The van der Waals surface area contributed by atoms with Gasteiger partial charge in [0.1, 0.15) is 11.5 Å². The zero-order valence-electron chi connectivity index (χ0n) is 12.8. The Balaban J connectivity index is 1.80. The van der Waals surface area contributed by atoms with Gasteiger partial charge >= 0.3 is 6.03 Å². The van der Waals surface area contributed by atoms with Crippen LogP contribution in [0.3, 0.4) is 0 Å². The van der Waals surface area contributed by atoms with Gasteiger partial charge in [0.2, 0.25) is 0 Å². The molecule has 5 heteroatoms. The number of urea groups is 1. The Morgan fingerprint density at radius 1 is 0.909 bits per heavy atom. The summed E-state index contributed by atoms with van der Waals surface area (Å²) in [6.45, 7) is 0.875. The van der Waals surface area contributed by atoms with E-state index in [9.17, 15) is 4.79 Å². The Morgan fingerprint density at radius 3 is 2.27 bits per heavy atom. The van der Waals surface area contributed by atoms with Crippen molar-refractivity contribution in [2.45, 2.75) is 13.1 Å². The quantitative estimate of drug-likeness (QED) is 0.862. The molecule has 0 aliphatic heterocycles. The molecule has 0 aliphatic rings. The third-order valence-electron chi connectivity index (χ3n) is 3.24. The maximum Gasteiger partial charge on any atom is 0.315 e. The molecule has 0 bridgehead atoms. The normalized spacial score (nSPS) is 9.91. The van der Waals surface area contributed by atoms with Gasteiger partial charge in [0.25, 0.3) is 0 Å². The number of para-hydroxylation sites is 1. The molecule has 0 aromatic heterocycles. The number of carbonyl (C=O) groups is 1. The second-order valence-electron chi connectivity index (χ2n) is 4.70. The Morgan fingerprint density at radius 2 is 1.59 bits per heavy atom. The lowest BCUT2D eigenvalue weighted by molar-refractivity contribution is 0.240. The van der Waals surface area contributed by atoms with Crippen LogP contribution in [0, 0.1) is 0 Å². The number of hydrogen-bond acceptors (Lipinski definition) is 3. The third-order valence-corrected chi connectivity index (χ3v) is 3.24. The fourth-order valence-electron chi connectivity index (χ4n) is 2.01. The fourth-order valence-corrected chi connectivity index (χ4v) is 2.01. The highest BCUT2D eigenvalue weighted by Gasteiger charge is 2.04. The van der Waals surface area contributed by atoms with Crippen molar-refractivity contribution in [3.63, 3.8) is 0 Å². The molecule has 22 heavy (non-hydrogen) atoms. The minimum atomic E-state index is -0.221. The van der Waals surface area contributed by atoms with Crippen molar-refractivity contribution >= 4 is 6.03 Å². The van der Waals surface area contributed by atoms with Crippen LogP contribution in [0.25, 0.3) is 0 Å². The molecule has 0 atom stereocenters. The topological polar surface area (TPSA) is 59.6 Å². The molecule has 0 aliphatic carbocycles. The summed E-state index contributed by atoms with van der Waals surface area (Å²) in [6.07, 6.45) is 0. The number of ether oxygens (including phenoxy) is 2. The van der Waals surface area contributed by atoms with E-state index in [0.717, 1.165) is 22.6 Å². The van der Waals surface area contributed by atoms with Crippen molar-refractivity contribution in [3.05, 3.63) is 59.7 Å². The smallest absolute Gasteiger partial charge is 0.315 e. The highest BCUT2D eigenvalue weighted by Crippen LogP contribution is 2.16. The maximum atomic E-state index is 11.8. The van der Waals surface area contributed by atoms with Crippen molar-refractivity contribution in [1.29, 1.82) is 0 Å². The Hall–Kier alpha value is -2.69. The molecule has 0 saturated carbocycles. The molecular weight excluding hydrogens is 280 g/mol. The molecule has 2 aromatic rings. The van der Waals surface area contributed by atoms with Crippen LogP contribution in [-0.2, 0) is 13.1 Å². The van der Waals surface area contributed by atoms with Gasteiger partial charge in [-0.2, -0.15) is 0 Å². The van der Waals surface area contributed by atoms with Gasteiger partial charge in [-0.3, -0.25) is 0 Å². The highest BCUT2D eigenvalue weighted by atomic mass is 16.5. The average molecular weight is 300 g/mol. The lowest BCUT2D eigenvalue weighted by Gasteiger charge is -2.10. The molecular formula is C17H20N2O3. The van der Waals surface area contributed by atoms with E-state index >= 15 is 0 Å². The van der Waals surface area contributed by atoms with Gasteiger partial charge in [0, 0.05) is 18.7 Å². The first-order chi connectivity index (χ1) is 10.7. The van der Waals surface area contributed by atoms with E-state index < -0.39 is 0 Å². The molecule has 0 unspecified atom stereocenters. The monoisotopic (exact) mass is 300 g/mol. The van der Waals surface area contributed by atoms with E-state index in [4.69, 9.17) is 9.47 Å². The van der Waals surface area contributed by atoms with Crippen molar-refractivity contribution in [3.8, 4) is 11.5 Å². The first kappa shape index (κ1) is 15.7. The minimum absolute atomic E-state index is 0.221. The zero-order valence-corrected chi connectivity index (χ0v) is 12.8. The standard InChI is InChI=1S/C17H20N2O3/c1-21-15-9-7-13(8-10-15)11-18-17(20)19-12-14-5-3-4-6-16(14)22-2/h3-10H,11-12H2,1-2H3,(H2,18,19,20). The number of benzene rings is 2. The van der Waals surface area contributed by atoms with Crippen molar-refractivity contribution in [2.24, 2.45) is 0 Å². The van der Waals surface area contributed by atoms with Crippen LogP contribution in [0.15, 0.2) is 48.5 Å². The van der Waals surface area contributed by atoms with Gasteiger partial charge in [-0.25, -0.2) is 4.79 Å². The van der Waals surface area contributed by atoms with Gasteiger partial charge in [-0.1, -0.05) is 30.3 Å². The minimum Gasteiger partial charge on any atom is -0.497 e. The second kappa shape index (κ2) is 7.93. The van der Waals surface area contributed by atoms with Crippen LogP contribution in [0.2, 0.25) is 0 Å². The SMILES string of the molecule is COc1ccc(CNC(=O)NCc2ccccc2OC)cc1. The molecule has 0 heterocycles. The largest absolute Gasteiger partial charge is 0.497 e. The fraction of sp³-hybridized carbons (Fsp3) is 0.235. The summed E-state index contributed by atoms with van der Waals surface area (Å²) in [7, 11) is 3.24. The molecule has 0 spiro atoms. The molecule has 2 rings (SSSR count). The van der Waals surface area contributed by atoms with Crippen molar-refractivity contribution in [1.82, 2.24) is 10.6 Å². The zero-order chi connectivity index (χ0) is 15.8. The summed E-state index contributed by atoms with van der Waals surface area (Å²) >= 11 is 0. The van der Waals surface area contributed by atoms with Crippen molar-refractivity contribution < 1.29 is 14.3 Å². The van der Waals surface area contributed by atoms with E-state index in [-0.39, 0.29) is 6.03 Å². The third kappa shape index (κ3) is 4.41. The van der Waals surface area contributed by atoms with E-state index in [1.54, 1.807) is 14.2 Å². The van der Waals surface area contributed by atoms with E-state index in [0.29, 0.717) is 13.1 Å². The number of nitrogens with one attached hydrogen (secondary N) is 2. The summed E-state index contributed by atoms with van der Waals surface area (Å²) < 4.78 is 10.3. The summed E-state index contributed by atoms with van der Waals surface area (Å²) in [5.74, 6) is 1.56. The van der Waals surface area contributed by atoms with Crippen LogP contribution in [-0.4, -0.2) is 20.3 Å². The van der Waals surface area contributed by atoms with Gasteiger partial charge in [0.05, 0.1) is 14.2 Å². The summed E-state index contributed by atoms with van der Waals surface area (Å²) in [4.78, 5) is 11.8. The van der Waals surface area contributed by atoms with Gasteiger partial charge in [-0.05, 0) is 23.8 Å². The average Bonchev–Trinajstić information content (AvgIpc) is 2.58. The van der Waals surface area contributed by atoms with Gasteiger partial charge in [-0.15, -0.1) is 0 Å². The first-order valence-corrected chi connectivity index (χ1v) is 6.99. The Labute approximate surface area is 130 Å². The second-order valence-corrected chi connectivity index (χ2v) is 4.70. The lowest BCUT2D eigenvalue weighted by atomic mass is 10.2. The predicted molar refractivity (Wildman–Crippen MR) is 85.1 cm³/mol. The van der Waals surface area contributed by atoms with Crippen LogP contribution in [0.1, 0.15) is 11.1 Å². The molecule has 5 nitrogen and oxygen atoms in total. The van der Waals surface area contributed by atoms with Gasteiger partial charge in [0.15, 0.2) is 0 Å². The van der Waals surface area contributed by atoms with E-state index in [1.807, 2.05) is 48.5 Å². The molecule has 116 valence electrons. The number of carbonyl (C=O) groups excluding carboxylic acids is 1. The number of amides is 2. The first-order valence-electron chi connectivity index (χ1n) is 6.99. The van der Waals surface area contributed by atoms with Crippen molar-refractivity contribution in [2.75, 3.05) is 14.2 Å². The summed E-state index contributed by atoms with van der Waals surface area (Å²) in [6, 6.07) is 14.9. The highest BCUT2D eigenvalue weighted by molar-refractivity contribution is 5.73. The summed E-state index contributed by atoms with van der Waals surface area (Å²) in [5.41, 5.74) is 1.94. The molecule has 0 saturated heterocycles. The Bertz CT molecular complexity index is 612. The van der Waals surface area contributed by atoms with E-state index in [1.165, 1.54) is 0 Å². The summed E-state index contributed by atoms with van der Waals surface area (Å²) in [5, 5.41) is 5.62. The van der Waals surface area contributed by atoms with Gasteiger partial charge < -0.3 is 20.1 Å². The van der Waals surface area contributed by atoms with Crippen LogP contribution in [0.5, 0.6) is 11.5 Å². The number of methoxy groups -OCH3 is 2. The van der Waals surface area contributed by atoms with Crippen LogP contribution in [0.4, 0.5) is 4.79 Å². The number of rotatable bonds is 6. The molecule has 2 amide bonds. The number of hydrogen-bond donors (Lipinski definition) is 2. The predicted octanol–water partition coefficient (Wildman–Crippen LogP) is 2.70. The Kier molecular flexibility index (Phi) is 5.65. The molecule has 2 aromatic carbocycles. The lowest BCUT2D eigenvalue weighted by Crippen LogP contribution is -2.34. The van der Waals surface area contributed by atoms with Crippen LogP contribution < -0.4 is 20.1 Å². The van der Waals surface area contributed by atoms with E-state index in [2.05, 4.69) is 10.6 Å². The molecule has 2 N–H and O–H groups in total. The molecule has 0 radical (unpaired) electrons.